The van der Waals surface area contributed by atoms with Crippen LogP contribution in [0.2, 0.25) is 0 Å². The van der Waals surface area contributed by atoms with E-state index in [2.05, 4.69) is 19.7 Å². The van der Waals surface area contributed by atoms with Gasteiger partial charge in [-0.1, -0.05) is 11.2 Å². The maximum atomic E-state index is 12.4. The summed E-state index contributed by atoms with van der Waals surface area (Å²) in [5, 5.41) is 17.6. The second kappa shape index (κ2) is 8.22. The standard InChI is InChI=1S/C13H12F3N5O6S/c14-13(15,16)10-7-11(27-20-10)19-12(22)17-4-5-18-28(25,26)9-3-1-2-8(6-9)21(23)24/h1-3,6-7,18H,4-5H2,(H2,17,19,22). The molecule has 3 N–H and O–H groups in total. The molecule has 0 unspecified atom stereocenters. The van der Waals surface area contributed by atoms with Gasteiger partial charge in [0, 0.05) is 31.3 Å². The largest absolute Gasteiger partial charge is 0.436 e. The van der Waals surface area contributed by atoms with E-state index in [0.29, 0.717) is 6.07 Å². The van der Waals surface area contributed by atoms with Crippen LogP contribution in [0.3, 0.4) is 0 Å². The van der Waals surface area contributed by atoms with Gasteiger partial charge >= 0.3 is 12.2 Å². The quantitative estimate of drug-likeness (QED) is 0.347. The number of carbonyl (C=O) groups excluding carboxylic acids is 1. The van der Waals surface area contributed by atoms with Crippen LogP contribution in [0.15, 0.2) is 39.8 Å². The molecule has 0 fully saturated rings. The van der Waals surface area contributed by atoms with Crippen molar-refractivity contribution in [2.45, 2.75) is 11.1 Å². The summed E-state index contributed by atoms with van der Waals surface area (Å²) in [5.74, 6) is -0.554. The van der Waals surface area contributed by atoms with Crippen molar-refractivity contribution in [3.8, 4) is 0 Å². The number of nitro benzene ring substituents is 1. The van der Waals surface area contributed by atoms with Crippen LogP contribution in [0.5, 0.6) is 0 Å². The van der Waals surface area contributed by atoms with Crippen molar-refractivity contribution >= 4 is 27.6 Å². The van der Waals surface area contributed by atoms with Gasteiger partial charge in [-0.25, -0.2) is 17.9 Å². The molecule has 152 valence electrons. The average molecular weight is 423 g/mol. The zero-order valence-electron chi connectivity index (χ0n) is 13.7. The number of anilines is 1. The molecule has 1 aromatic carbocycles. The van der Waals surface area contributed by atoms with Crippen molar-refractivity contribution in [3.05, 3.63) is 46.1 Å². The minimum atomic E-state index is -4.73. The number of aromatic nitrogens is 1. The Labute approximate surface area is 155 Å². The summed E-state index contributed by atoms with van der Waals surface area (Å²) in [5.41, 5.74) is -1.74. The molecule has 0 atom stereocenters. The highest BCUT2D eigenvalue weighted by atomic mass is 32.2. The van der Waals surface area contributed by atoms with Crippen molar-refractivity contribution in [1.82, 2.24) is 15.2 Å². The van der Waals surface area contributed by atoms with E-state index in [0.717, 1.165) is 18.2 Å². The number of carbonyl (C=O) groups is 1. The maximum absolute atomic E-state index is 12.4. The first kappa shape index (κ1) is 21.1. The van der Waals surface area contributed by atoms with Crippen LogP contribution in [0, 0.1) is 10.1 Å². The van der Waals surface area contributed by atoms with E-state index in [1.54, 1.807) is 0 Å². The molecule has 2 aromatic rings. The average Bonchev–Trinajstić information content (AvgIpc) is 3.07. The SMILES string of the molecule is O=C(NCCNS(=O)(=O)c1cccc([N+](=O)[O-])c1)Nc1cc(C(F)(F)F)no1. The van der Waals surface area contributed by atoms with Crippen molar-refractivity contribution in [3.63, 3.8) is 0 Å². The molecular weight excluding hydrogens is 411 g/mol. The predicted molar refractivity (Wildman–Crippen MR) is 86.8 cm³/mol. The zero-order valence-corrected chi connectivity index (χ0v) is 14.5. The van der Waals surface area contributed by atoms with Crippen molar-refractivity contribution in [2.24, 2.45) is 0 Å². The molecule has 15 heteroatoms. The van der Waals surface area contributed by atoms with Gasteiger partial charge in [0.15, 0.2) is 5.69 Å². The van der Waals surface area contributed by atoms with E-state index >= 15 is 0 Å². The Kier molecular flexibility index (Phi) is 6.19. The van der Waals surface area contributed by atoms with Crippen LogP contribution < -0.4 is 15.4 Å². The highest BCUT2D eigenvalue weighted by molar-refractivity contribution is 7.89. The molecule has 0 aliphatic rings. The molecule has 0 spiro atoms. The fourth-order valence-electron chi connectivity index (χ4n) is 1.83. The number of hydrogen-bond donors (Lipinski definition) is 3. The van der Waals surface area contributed by atoms with Crippen LogP contribution in [0.25, 0.3) is 0 Å². The number of urea groups is 1. The predicted octanol–water partition coefficient (Wildman–Crippen LogP) is 1.70. The normalized spacial score (nSPS) is 11.8. The van der Waals surface area contributed by atoms with Gasteiger partial charge in [0.2, 0.25) is 15.9 Å². The third-order valence-corrected chi connectivity index (χ3v) is 4.54. The van der Waals surface area contributed by atoms with E-state index in [4.69, 9.17) is 0 Å². The Morgan fingerprint density at radius 1 is 1.25 bits per heavy atom. The molecule has 28 heavy (non-hydrogen) atoms. The molecular formula is C13H12F3N5O6S. The van der Waals surface area contributed by atoms with Crippen LogP contribution in [-0.4, -0.2) is 37.6 Å². The summed E-state index contributed by atoms with van der Waals surface area (Å²) >= 11 is 0. The lowest BCUT2D eigenvalue weighted by Gasteiger charge is -2.08. The maximum Gasteiger partial charge on any atom is 0.436 e. The summed E-state index contributed by atoms with van der Waals surface area (Å²) in [6.07, 6.45) is -4.73. The summed E-state index contributed by atoms with van der Waals surface area (Å²) < 4.78 is 67.6. The first-order chi connectivity index (χ1) is 13.0. The topological polar surface area (TPSA) is 156 Å². The molecule has 2 rings (SSSR count). The Bertz CT molecular complexity index is 975. The number of hydrogen-bond acceptors (Lipinski definition) is 7. The highest BCUT2D eigenvalue weighted by Gasteiger charge is 2.35. The van der Waals surface area contributed by atoms with E-state index in [1.807, 2.05) is 5.32 Å². The van der Waals surface area contributed by atoms with Crippen molar-refractivity contribution in [2.75, 3.05) is 18.4 Å². The molecule has 0 saturated heterocycles. The van der Waals surface area contributed by atoms with Gasteiger partial charge in [0.05, 0.1) is 9.82 Å². The minimum absolute atomic E-state index is 0.236. The number of non-ortho nitro benzene ring substituents is 1. The lowest BCUT2D eigenvalue weighted by atomic mass is 10.3. The number of nitrogens with one attached hydrogen (secondary N) is 3. The molecule has 1 heterocycles. The molecule has 0 aliphatic heterocycles. The summed E-state index contributed by atoms with van der Waals surface area (Å²) in [6.45, 7) is -0.525. The first-order valence-corrected chi connectivity index (χ1v) is 8.80. The van der Waals surface area contributed by atoms with Crippen molar-refractivity contribution in [1.29, 1.82) is 0 Å². The number of nitro groups is 1. The van der Waals surface area contributed by atoms with Gasteiger partial charge in [-0.15, -0.1) is 0 Å². The highest BCUT2D eigenvalue weighted by Crippen LogP contribution is 2.29. The molecule has 0 aliphatic carbocycles. The lowest BCUT2D eigenvalue weighted by Crippen LogP contribution is -2.36. The van der Waals surface area contributed by atoms with Gasteiger partial charge in [0.1, 0.15) is 0 Å². The molecule has 2 amide bonds. The van der Waals surface area contributed by atoms with Crippen LogP contribution in [0.1, 0.15) is 5.69 Å². The first-order valence-electron chi connectivity index (χ1n) is 7.32. The summed E-state index contributed by atoms with van der Waals surface area (Å²) in [4.78, 5) is 21.1. The second-order valence-corrected chi connectivity index (χ2v) is 6.87. The fraction of sp³-hybridized carbons (Fsp3) is 0.231. The van der Waals surface area contributed by atoms with Gasteiger partial charge < -0.3 is 9.84 Å². The van der Waals surface area contributed by atoms with Crippen LogP contribution in [-0.2, 0) is 16.2 Å². The molecule has 0 saturated carbocycles. The smallest absolute Gasteiger partial charge is 0.338 e. The van der Waals surface area contributed by atoms with E-state index in [-0.39, 0.29) is 18.0 Å². The molecule has 0 bridgehead atoms. The third kappa shape index (κ3) is 5.65. The minimum Gasteiger partial charge on any atom is -0.338 e. The number of amides is 2. The van der Waals surface area contributed by atoms with Crippen molar-refractivity contribution < 1.29 is 35.8 Å². The Hall–Kier alpha value is -3.20. The number of benzene rings is 1. The third-order valence-electron chi connectivity index (χ3n) is 3.08. The molecule has 1 aromatic heterocycles. The Balaban J connectivity index is 1.83. The fourth-order valence-corrected chi connectivity index (χ4v) is 2.90. The van der Waals surface area contributed by atoms with Crippen LogP contribution >= 0.6 is 0 Å². The van der Waals surface area contributed by atoms with Gasteiger partial charge in [-0.3, -0.25) is 15.4 Å². The number of alkyl halides is 3. The van der Waals surface area contributed by atoms with E-state index in [9.17, 15) is 36.5 Å². The molecule has 11 nitrogen and oxygen atoms in total. The molecule has 0 radical (unpaired) electrons. The summed E-state index contributed by atoms with van der Waals surface area (Å²) in [6, 6.07) is 3.86. The van der Waals surface area contributed by atoms with Gasteiger partial charge in [-0.05, 0) is 6.07 Å². The number of sulfonamides is 1. The van der Waals surface area contributed by atoms with E-state index in [1.165, 1.54) is 6.07 Å². The monoisotopic (exact) mass is 423 g/mol. The van der Waals surface area contributed by atoms with Crippen LogP contribution in [0.4, 0.5) is 29.5 Å². The lowest BCUT2D eigenvalue weighted by molar-refractivity contribution is -0.385. The summed E-state index contributed by atoms with van der Waals surface area (Å²) in [7, 11) is -4.07. The van der Waals surface area contributed by atoms with Gasteiger partial charge in [-0.2, -0.15) is 13.2 Å². The number of rotatable bonds is 7. The van der Waals surface area contributed by atoms with E-state index < -0.39 is 44.4 Å². The number of nitrogens with zero attached hydrogens (tertiary/aromatic N) is 2. The van der Waals surface area contributed by atoms with Gasteiger partial charge in [0.25, 0.3) is 5.69 Å². The second-order valence-electron chi connectivity index (χ2n) is 5.11. The Morgan fingerprint density at radius 3 is 2.57 bits per heavy atom. The Morgan fingerprint density at radius 2 is 1.96 bits per heavy atom. The zero-order chi connectivity index (χ0) is 20.9. The number of halogens is 3.